The number of amides is 3. The number of ether oxygens (including phenoxy) is 1. The molecule has 148 valence electrons. The van der Waals surface area contributed by atoms with Crippen LogP contribution >= 0.6 is 0 Å². The molecule has 0 bridgehead atoms. The molecule has 1 aliphatic heterocycles. The predicted molar refractivity (Wildman–Crippen MR) is 102 cm³/mol. The van der Waals surface area contributed by atoms with Gasteiger partial charge in [-0.05, 0) is 45.7 Å². The van der Waals surface area contributed by atoms with Crippen LogP contribution in [0.5, 0.6) is 0 Å². The van der Waals surface area contributed by atoms with Crippen LogP contribution in [0.15, 0.2) is 30.3 Å². The monoisotopic (exact) mass is 375 g/mol. The van der Waals surface area contributed by atoms with Crippen molar-refractivity contribution in [3.05, 3.63) is 35.9 Å². The van der Waals surface area contributed by atoms with Gasteiger partial charge < -0.3 is 20.3 Å². The number of hydrogen-bond acceptors (Lipinski definition) is 4. The van der Waals surface area contributed by atoms with Crippen molar-refractivity contribution in [2.24, 2.45) is 0 Å². The Morgan fingerprint density at radius 1 is 1.11 bits per heavy atom. The first-order valence-electron chi connectivity index (χ1n) is 9.35. The summed E-state index contributed by atoms with van der Waals surface area (Å²) in [6.07, 6.45) is 1.12. The third kappa shape index (κ3) is 7.29. The van der Waals surface area contributed by atoms with Crippen LogP contribution in [-0.2, 0) is 9.53 Å². The number of alkyl carbamates (subject to hydrolysis) is 1. The number of benzene rings is 1. The first-order valence-corrected chi connectivity index (χ1v) is 9.35. The van der Waals surface area contributed by atoms with Crippen LogP contribution in [0.2, 0.25) is 0 Å². The second-order valence-electron chi connectivity index (χ2n) is 7.68. The fourth-order valence-corrected chi connectivity index (χ4v) is 2.88. The lowest BCUT2D eigenvalue weighted by atomic mass is 10.0. The highest BCUT2D eigenvalue weighted by atomic mass is 16.6. The highest BCUT2D eigenvalue weighted by Crippen LogP contribution is 2.14. The first kappa shape index (κ1) is 20.7. The number of hydrogen-bond donors (Lipinski definition) is 2. The number of nitrogens with one attached hydrogen (secondary N) is 2. The SMILES string of the molecule is CC(C)(C)OC(=O)NCCC(=O)NC1CCN(C(=O)c2ccccc2)CC1. The van der Waals surface area contributed by atoms with E-state index in [1.807, 2.05) is 35.2 Å². The normalized spacial score (nSPS) is 15.1. The van der Waals surface area contributed by atoms with Crippen molar-refractivity contribution in [3.63, 3.8) is 0 Å². The molecule has 7 nitrogen and oxygen atoms in total. The van der Waals surface area contributed by atoms with Crippen LogP contribution in [0.25, 0.3) is 0 Å². The second kappa shape index (κ2) is 9.39. The highest BCUT2D eigenvalue weighted by Gasteiger charge is 2.24. The van der Waals surface area contributed by atoms with Crippen LogP contribution in [-0.4, -0.2) is 54.1 Å². The number of carbonyl (C=O) groups is 3. The van der Waals surface area contributed by atoms with Crippen molar-refractivity contribution in [2.45, 2.75) is 51.7 Å². The van der Waals surface area contributed by atoms with Gasteiger partial charge in [0.1, 0.15) is 5.60 Å². The molecule has 2 N–H and O–H groups in total. The van der Waals surface area contributed by atoms with Gasteiger partial charge in [-0.2, -0.15) is 0 Å². The molecular formula is C20H29N3O4. The van der Waals surface area contributed by atoms with Gasteiger partial charge in [0.25, 0.3) is 5.91 Å². The van der Waals surface area contributed by atoms with Crippen molar-refractivity contribution in [1.82, 2.24) is 15.5 Å². The number of piperidine rings is 1. The Labute approximate surface area is 160 Å². The zero-order valence-electron chi connectivity index (χ0n) is 16.3. The van der Waals surface area contributed by atoms with Gasteiger partial charge in [-0.15, -0.1) is 0 Å². The third-order valence-electron chi connectivity index (χ3n) is 4.19. The summed E-state index contributed by atoms with van der Waals surface area (Å²) in [6, 6.07) is 9.27. The molecule has 1 fully saturated rings. The zero-order valence-corrected chi connectivity index (χ0v) is 16.3. The molecule has 7 heteroatoms. The fraction of sp³-hybridized carbons (Fsp3) is 0.550. The zero-order chi connectivity index (χ0) is 19.9. The maximum Gasteiger partial charge on any atom is 0.407 e. The van der Waals surface area contributed by atoms with Gasteiger partial charge in [0.2, 0.25) is 5.91 Å². The molecule has 1 aromatic carbocycles. The largest absolute Gasteiger partial charge is 0.444 e. The van der Waals surface area contributed by atoms with E-state index in [1.54, 1.807) is 20.8 Å². The molecule has 1 aliphatic rings. The molecule has 1 heterocycles. The van der Waals surface area contributed by atoms with Gasteiger partial charge >= 0.3 is 6.09 Å². The van der Waals surface area contributed by atoms with E-state index in [0.29, 0.717) is 18.7 Å². The van der Waals surface area contributed by atoms with Gasteiger partial charge in [-0.1, -0.05) is 18.2 Å². The maximum absolute atomic E-state index is 12.4. The third-order valence-corrected chi connectivity index (χ3v) is 4.19. The van der Waals surface area contributed by atoms with Crippen LogP contribution in [0.3, 0.4) is 0 Å². The van der Waals surface area contributed by atoms with E-state index in [4.69, 9.17) is 4.74 Å². The Balaban J connectivity index is 1.66. The van der Waals surface area contributed by atoms with E-state index in [2.05, 4.69) is 10.6 Å². The van der Waals surface area contributed by atoms with Gasteiger partial charge in [0, 0.05) is 37.7 Å². The van der Waals surface area contributed by atoms with E-state index in [9.17, 15) is 14.4 Å². The average molecular weight is 375 g/mol. The molecule has 3 amide bonds. The van der Waals surface area contributed by atoms with Gasteiger partial charge in [0.15, 0.2) is 0 Å². The van der Waals surface area contributed by atoms with Crippen LogP contribution in [0.1, 0.15) is 50.4 Å². The lowest BCUT2D eigenvalue weighted by Gasteiger charge is -2.32. The van der Waals surface area contributed by atoms with E-state index >= 15 is 0 Å². The summed E-state index contributed by atoms with van der Waals surface area (Å²) >= 11 is 0. The fourth-order valence-electron chi connectivity index (χ4n) is 2.88. The first-order chi connectivity index (χ1) is 12.7. The van der Waals surface area contributed by atoms with E-state index in [0.717, 1.165) is 12.8 Å². The highest BCUT2D eigenvalue weighted by molar-refractivity contribution is 5.94. The lowest BCUT2D eigenvalue weighted by molar-refractivity contribution is -0.121. The number of likely N-dealkylation sites (tertiary alicyclic amines) is 1. The van der Waals surface area contributed by atoms with Gasteiger partial charge in [-0.3, -0.25) is 9.59 Å². The van der Waals surface area contributed by atoms with E-state index in [-0.39, 0.29) is 30.8 Å². The topological polar surface area (TPSA) is 87.7 Å². The minimum Gasteiger partial charge on any atom is -0.444 e. The molecule has 0 aromatic heterocycles. The summed E-state index contributed by atoms with van der Waals surface area (Å²) in [5.74, 6) is -0.0826. The summed E-state index contributed by atoms with van der Waals surface area (Å²) in [7, 11) is 0. The van der Waals surface area contributed by atoms with Gasteiger partial charge in [-0.25, -0.2) is 4.79 Å². The van der Waals surface area contributed by atoms with Crippen molar-refractivity contribution < 1.29 is 19.1 Å². The van der Waals surface area contributed by atoms with Crippen LogP contribution < -0.4 is 10.6 Å². The molecule has 0 radical (unpaired) electrons. The Hall–Kier alpha value is -2.57. The molecule has 0 atom stereocenters. The molecule has 0 spiro atoms. The predicted octanol–water partition coefficient (Wildman–Crippen LogP) is 2.32. The summed E-state index contributed by atoms with van der Waals surface area (Å²) in [4.78, 5) is 37.8. The van der Waals surface area contributed by atoms with Crippen LogP contribution in [0.4, 0.5) is 4.79 Å². The molecule has 2 rings (SSSR count). The Morgan fingerprint density at radius 2 is 1.74 bits per heavy atom. The summed E-state index contributed by atoms with van der Waals surface area (Å²) in [6.45, 7) is 6.83. The molecule has 27 heavy (non-hydrogen) atoms. The molecule has 0 saturated carbocycles. The minimum absolute atomic E-state index is 0.0296. The molecule has 1 aromatic rings. The Bertz CT molecular complexity index is 647. The summed E-state index contributed by atoms with van der Waals surface area (Å²) < 4.78 is 5.12. The standard InChI is InChI=1S/C20H29N3O4/c1-20(2,3)27-19(26)21-12-9-17(24)22-16-10-13-23(14-11-16)18(25)15-7-5-4-6-8-15/h4-8,16H,9-14H2,1-3H3,(H,21,26)(H,22,24). The van der Waals surface area contributed by atoms with Crippen LogP contribution in [0, 0.1) is 0 Å². The molecular weight excluding hydrogens is 346 g/mol. The van der Waals surface area contributed by atoms with E-state index < -0.39 is 11.7 Å². The van der Waals surface area contributed by atoms with Crippen molar-refractivity contribution >= 4 is 17.9 Å². The minimum atomic E-state index is -0.558. The lowest BCUT2D eigenvalue weighted by Crippen LogP contribution is -2.47. The van der Waals surface area contributed by atoms with Crippen molar-refractivity contribution in [1.29, 1.82) is 0 Å². The number of rotatable bonds is 5. The molecule has 0 aliphatic carbocycles. The Morgan fingerprint density at radius 3 is 2.33 bits per heavy atom. The maximum atomic E-state index is 12.4. The smallest absolute Gasteiger partial charge is 0.407 e. The summed E-state index contributed by atoms with van der Waals surface area (Å²) in [5, 5.41) is 5.54. The van der Waals surface area contributed by atoms with Gasteiger partial charge in [0.05, 0.1) is 0 Å². The summed E-state index contributed by atoms with van der Waals surface area (Å²) in [5.41, 5.74) is 0.130. The second-order valence-corrected chi connectivity index (χ2v) is 7.68. The van der Waals surface area contributed by atoms with E-state index in [1.165, 1.54) is 0 Å². The average Bonchev–Trinajstić information content (AvgIpc) is 2.61. The van der Waals surface area contributed by atoms with Crippen molar-refractivity contribution in [3.8, 4) is 0 Å². The molecule has 0 unspecified atom stereocenters. The quantitative estimate of drug-likeness (QED) is 0.827. The molecule has 1 saturated heterocycles. The number of nitrogens with zero attached hydrogens (tertiary/aromatic N) is 1. The number of carbonyl (C=O) groups excluding carboxylic acids is 3. The van der Waals surface area contributed by atoms with Crippen molar-refractivity contribution in [2.75, 3.05) is 19.6 Å². The Kier molecular flexibility index (Phi) is 7.21.